The number of methoxy groups -OCH3 is 2. The molecule has 1 saturated heterocycles. The van der Waals surface area contributed by atoms with Gasteiger partial charge in [-0.3, -0.25) is 4.90 Å². The van der Waals surface area contributed by atoms with Crippen molar-refractivity contribution in [2.75, 3.05) is 27.3 Å². The summed E-state index contributed by atoms with van der Waals surface area (Å²) in [5, 5.41) is 10.2. The molecular weight excluding hydrogens is 357 g/mol. The van der Waals surface area contributed by atoms with Crippen LogP contribution in [0, 0.1) is 3.57 Å². The number of benzene rings is 1. The lowest BCUT2D eigenvalue weighted by Gasteiger charge is -2.43. The van der Waals surface area contributed by atoms with Crippen LogP contribution in [0.5, 0.6) is 0 Å². The first kappa shape index (κ1) is 15.2. The first-order valence-corrected chi connectivity index (χ1v) is 7.43. The average molecular weight is 377 g/mol. The Hall–Kier alpha value is -0.210. The molecule has 0 amide bonds. The maximum Gasteiger partial charge on any atom is 0.196 e. The molecule has 1 heterocycles. The van der Waals surface area contributed by atoms with Crippen molar-refractivity contribution in [3.05, 3.63) is 33.4 Å². The van der Waals surface area contributed by atoms with Crippen LogP contribution < -0.4 is 0 Å². The van der Waals surface area contributed by atoms with Gasteiger partial charge in [-0.05, 0) is 34.2 Å². The molecule has 1 atom stereocenters. The molecule has 1 aliphatic heterocycles. The normalized spacial score (nSPS) is 23.5. The van der Waals surface area contributed by atoms with Gasteiger partial charge in [0, 0.05) is 43.8 Å². The van der Waals surface area contributed by atoms with Crippen LogP contribution in [0.25, 0.3) is 0 Å². The number of hydrogen-bond donors (Lipinski definition) is 1. The van der Waals surface area contributed by atoms with E-state index >= 15 is 0 Å². The fourth-order valence-corrected chi connectivity index (χ4v) is 3.08. The summed E-state index contributed by atoms with van der Waals surface area (Å²) in [5.41, 5.74) is 1.29. The summed E-state index contributed by atoms with van der Waals surface area (Å²) in [4.78, 5) is 2.23. The molecule has 0 aromatic heterocycles. The Morgan fingerprint density at radius 1 is 1.37 bits per heavy atom. The standard InChI is InChI=1S/C14H20INO3/c1-18-14(19-2)7-8-16(10-13(14)17)9-11-5-3-4-6-12(11)15/h3-6,13,17H,7-10H2,1-2H3. The Kier molecular flexibility index (Phi) is 5.19. The number of piperidine rings is 1. The second-order valence-corrected chi connectivity index (χ2v) is 5.97. The molecule has 2 rings (SSSR count). The predicted octanol–water partition coefficient (Wildman–Crippen LogP) is 1.85. The van der Waals surface area contributed by atoms with Crippen molar-refractivity contribution < 1.29 is 14.6 Å². The van der Waals surface area contributed by atoms with E-state index in [-0.39, 0.29) is 0 Å². The van der Waals surface area contributed by atoms with E-state index in [9.17, 15) is 5.11 Å². The maximum absolute atomic E-state index is 10.2. The van der Waals surface area contributed by atoms with Gasteiger partial charge in [-0.15, -0.1) is 0 Å². The third kappa shape index (κ3) is 3.28. The van der Waals surface area contributed by atoms with E-state index in [1.54, 1.807) is 14.2 Å². The van der Waals surface area contributed by atoms with E-state index in [4.69, 9.17) is 9.47 Å². The monoisotopic (exact) mass is 377 g/mol. The highest BCUT2D eigenvalue weighted by atomic mass is 127. The number of aliphatic hydroxyl groups is 1. The highest BCUT2D eigenvalue weighted by Gasteiger charge is 2.42. The van der Waals surface area contributed by atoms with E-state index in [2.05, 4.69) is 39.6 Å². The lowest BCUT2D eigenvalue weighted by Crippen LogP contribution is -2.57. The molecule has 0 radical (unpaired) electrons. The number of nitrogens with zero attached hydrogens (tertiary/aromatic N) is 1. The molecule has 1 aliphatic rings. The fraction of sp³-hybridized carbons (Fsp3) is 0.571. The molecule has 1 aromatic carbocycles. The van der Waals surface area contributed by atoms with Crippen molar-refractivity contribution in [1.29, 1.82) is 0 Å². The molecule has 1 fully saturated rings. The van der Waals surface area contributed by atoms with Gasteiger partial charge in [0.05, 0.1) is 0 Å². The van der Waals surface area contributed by atoms with Crippen LogP contribution in [0.1, 0.15) is 12.0 Å². The zero-order chi connectivity index (χ0) is 13.9. The number of likely N-dealkylation sites (tertiary alicyclic amines) is 1. The number of halogens is 1. The predicted molar refractivity (Wildman–Crippen MR) is 81.8 cm³/mol. The second kappa shape index (κ2) is 6.49. The quantitative estimate of drug-likeness (QED) is 0.643. The van der Waals surface area contributed by atoms with Crippen LogP contribution in [0.15, 0.2) is 24.3 Å². The molecule has 1 aromatic rings. The van der Waals surface area contributed by atoms with Crippen LogP contribution in [0.3, 0.4) is 0 Å². The topological polar surface area (TPSA) is 41.9 Å². The van der Waals surface area contributed by atoms with Gasteiger partial charge in [0.2, 0.25) is 0 Å². The molecular formula is C14H20INO3. The van der Waals surface area contributed by atoms with Crippen molar-refractivity contribution in [1.82, 2.24) is 4.90 Å². The van der Waals surface area contributed by atoms with Gasteiger partial charge < -0.3 is 14.6 Å². The Labute approximate surface area is 127 Å². The summed E-state index contributed by atoms with van der Waals surface area (Å²) in [6.07, 6.45) is 0.0440. The highest BCUT2D eigenvalue weighted by molar-refractivity contribution is 14.1. The molecule has 5 heteroatoms. The molecule has 19 heavy (non-hydrogen) atoms. The third-order valence-corrected chi connectivity index (χ3v) is 4.81. The zero-order valence-electron chi connectivity index (χ0n) is 11.3. The van der Waals surface area contributed by atoms with Crippen molar-refractivity contribution in [3.63, 3.8) is 0 Å². The number of β-amino-alcohol motifs (C(OH)–C–C–N with tert-alkyl or cyclic N) is 1. The first-order valence-electron chi connectivity index (χ1n) is 6.35. The Morgan fingerprint density at radius 2 is 2.05 bits per heavy atom. The molecule has 1 N–H and O–H groups in total. The van der Waals surface area contributed by atoms with Crippen LogP contribution >= 0.6 is 22.6 Å². The maximum atomic E-state index is 10.2. The molecule has 106 valence electrons. The minimum absolute atomic E-state index is 0.562. The summed E-state index contributed by atoms with van der Waals surface area (Å²) < 4.78 is 12.0. The zero-order valence-corrected chi connectivity index (χ0v) is 13.5. The Morgan fingerprint density at radius 3 is 2.63 bits per heavy atom. The average Bonchev–Trinajstić information content (AvgIpc) is 2.42. The minimum Gasteiger partial charge on any atom is -0.386 e. The number of aliphatic hydroxyl groups excluding tert-OH is 1. The summed E-state index contributed by atoms with van der Waals surface area (Å²) >= 11 is 2.34. The van der Waals surface area contributed by atoms with Gasteiger partial charge in [-0.2, -0.15) is 0 Å². The summed E-state index contributed by atoms with van der Waals surface area (Å²) in [5.74, 6) is -0.847. The largest absolute Gasteiger partial charge is 0.386 e. The molecule has 0 bridgehead atoms. The summed E-state index contributed by atoms with van der Waals surface area (Å²) in [6, 6.07) is 8.32. The lowest BCUT2D eigenvalue weighted by molar-refractivity contribution is -0.279. The highest BCUT2D eigenvalue weighted by Crippen LogP contribution is 2.28. The molecule has 1 unspecified atom stereocenters. The SMILES string of the molecule is COC1(OC)CCN(Cc2ccccc2I)CC1O. The number of rotatable bonds is 4. The van der Waals surface area contributed by atoms with E-state index in [0.717, 1.165) is 13.1 Å². The van der Waals surface area contributed by atoms with Gasteiger partial charge in [0.25, 0.3) is 0 Å². The summed E-state index contributed by atoms with van der Waals surface area (Å²) in [7, 11) is 3.17. The number of hydrogen-bond acceptors (Lipinski definition) is 4. The van der Waals surface area contributed by atoms with Crippen molar-refractivity contribution in [3.8, 4) is 0 Å². The van der Waals surface area contributed by atoms with Crippen LogP contribution in [0.4, 0.5) is 0 Å². The molecule has 0 aliphatic carbocycles. The molecule has 0 saturated carbocycles. The minimum atomic E-state index is -0.847. The fourth-order valence-electron chi connectivity index (χ4n) is 2.53. The smallest absolute Gasteiger partial charge is 0.196 e. The van der Waals surface area contributed by atoms with E-state index in [1.165, 1.54) is 9.13 Å². The van der Waals surface area contributed by atoms with E-state index < -0.39 is 11.9 Å². The number of ether oxygens (including phenoxy) is 2. The summed E-state index contributed by atoms with van der Waals surface area (Å²) in [6.45, 7) is 2.26. The van der Waals surface area contributed by atoms with Gasteiger partial charge in [-0.25, -0.2) is 0 Å². The third-order valence-electron chi connectivity index (χ3n) is 3.76. The van der Waals surface area contributed by atoms with Crippen molar-refractivity contribution >= 4 is 22.6 Å². The van der Waals surface area contributed by atoms with Crippen LogP contribution in [0.2, 0.25) is 0 Å². The first-order chi connectivity index (χ1) is 9.11. The van der Waals surface area contributed by atoms with Crippen molar-refractivity contribution in [2.45, 2.75) is 24.9 Å². The van der Waals surface area contributed by atoms with Gasteiger partial charge in [0.15, 0.2) is 5.79 Å². The van der Waals surface area contributed by atoms with Crippen molar-refractivity contribution in [2.24, 2.45) is 0 Å². The Bertz CT molecular complexity index is 423. The Balaban J connectivity index is 2.01. The lowest BCUT2D eigenvalue weighted by atomic mass is 9.99. The van der Waals surface area contributed by atoms with Crippen LogP contribution in [-0.2, 0) is 16.0 Å². The van der Waals surface area contributed by atoms with E-state index in [0.29, 0.717) is 13.0 Å². The molecule has 0 spiro atoms. The van der Waals surface area contributed by atoms with E-state index in [1.807, 2.05) is 12.1 Å². The van der Waals surface area contributed by atoms with Gasteiger partial charge in [0.1, 0.15) is 6.10 Å². The van der Waals surface area contributed by atoms with Crippen LogP contribution in [-0.4, -0.2) is 49.2 Å². The van der Waals surface area contributed by atoms with Gasteiger partial charge in [-0.1, -0.05) is 18.2 Å². The molecule has 4 nitrogen and oxygen atoms in total. The van der Waals surface area contributed by atoms with Gasteiger partial charge >= 0.3 is 0 Å². The second-order valence-electron chi connectivity index (χ2n) is 4.81.